The molecule has 6 heteroatoms. The van der Waals surface area contributed by atoms with E-state index in [1.54, 1.807) is 11.3 Å². The molecule has 1 atom stereocenters. The molecule has 1 aromatic heterocycles. The lowest BCUT2D eigenvalue weighted by Gasteiger charge is -2.12. The van der Waals surface area contributed by atoms with Crippen LogP contribution < -0.4 is 10.6 Å². The van der Waals surface area contributed by atoms with E-state index in [0.29, 0.717) is 11.2 Å². The lowest BCUT2D eigenvalue weighted by Crippen LogP contribution is -2.34. The Labute approximate surface area is 104 Å². The van der Waals surface area contributed by atoms with Gasteiger partial charge >= 0.3 is 0 Å². The molecule has 16 heavy (non-hydrogen) atoms. The zero-order chi connectivity index (χ0) is 11.4. The molecular formula is C10H15N3OS2. The zero-order valence-corrected chi connectivity index (χ0v) is 10.8. The van der Waals surface area contributed by atoms with Crippen LogP contribution in [0.5, 0.6) is 0 Å². The van der Waals surface area contributed by atoms with Crippen molar-refractivity contribution in [2.45, 2.75) is 25.9 Å². The second-order valence-corrected chi connectivity index (χ2v) is 5.39. The number of anilines is 1. The van der Waals surface area contributed by atoms with Gasteiger partial charge in [0.2, 0.25) is 0 Å². The Morgan fingerprint density at radius 3 is 3.25 bits per heavy atom. The third-order valence-corrected chi connectivity index (χ3v) is 3.43. The maximum absolute atomic E-state index is 5.49. The average Bonchev–Trinajstić information content (AvgIpc) is 2.87. The van der Waals surface area contributed by atoms with Crippen LogP contribution in [-0.2, 0) is 4.74 Å². The minimum absolute atomic E-state index is 0.304. The van der Waals surface area contributed by atoms with Gasteiger partial charge in [0, 0.05) is 24.2 Å². The van der Waals surface area contributed by atoms with Gasteiger partial charge in [-0.15, -0.1) is 11.3 Å². The smallest absolute Gasteiger partial charge is 0.189 e. The molecule has 1 aliphatic rings. The van der Waals surface area contributed by atoms with Gasteiger partial charge in [-0.2, -0.15) is 0 Å². The molecule has 1 fully saturated rings. The molecule has 1 saturated heterocycles. The lowest BCUT2D eigenvalue weighted by atomic mass is 10.2. The SMILES string of the molecule is Cc1cnc(NC(=S)NCC2CCCO2)s1. The molecule has 0 amide bonds. The van der Waals surface area contributed by atoms with Crippen LogP contribution in [0, 0.1) is 6.92 Å². The van der Waals surface area contributed by atoms with Crippen LogP contribution in [0.2, 0.25) is 0 Å². The Bertz CT molecular complexity index is 361. The Hall–Kier alpha value is -0.720. The summed E-state index contributed by atoms with van der Waals surface area (Å²) in [4.78, 5) is 5.35. The van der Waals surface area contributed by atoms with Gasteiger partial charge in [0.1, 0.15) is 0 Å². The van der Waals surface area contributed by atoms with Crippen LogP contribution in [0.15, 0.2) is 6.20 Å². The molecule has 2 rings (SSSR count). The van der Waals surface area contributed by atoms with Gasteiger partial charge < -0.3 is 15.4 Å². The molecular weight excluding hydrogens is 242 g/mol. The first-order chi connectivity index (χ1) is 7.74. The van der Waals surface area contributed by atoms with Gasteiger partial charge in [0.25, 0.3) is 0 Å². The fourth-order valence-electron chi connectivity index (χ4n) is 1.57. The molecule has 0 aromatic carbocycles. The highest BCUT2D eigenvalue weighted by Gasteiger charge is 2.15. The fraction of sp³-hybridized carbons (Fsp3) is 0.600. The number of aryl methyl sites for hydroxylation is 1. The highest BCUT2D eigenvalue weighted by molar-refractivity contribution is 7.80. The summed E-state index contributed by atoms with van der Waals surface area (Å²) in [5.74, 6) is 0. The first-order valence-corrected chi connectivity index (χ1v) is 6.55. The van der Waals surface area contributed by atoms with E-state index in [9.17, 15) is 0 Å². The number of nitrogens with one attached hydrogen (secondary N) is 2. The molecule has 2 N–H and O–H groups in total. The van der Waals surface area contributed by atoms with Crippen molar-refractivity contribution in [1.29, 1.82) is 0 Å². The summed E-state index contributed by atoms with van der Waals surface area (Å²) in [5, 5.41) is 7.65. The fourth-order valence-corrected chi connectivity index (χ4v) is 2.48. The Kier molecular flexibility index (Phi) is 4.09. The van der Waals surface area contributed by atoms with Crippen molar-refractivity contribution in [2.24, 2.45) is 0 Å². The monoisotopic (exact) mass is 257 g/mol. The van der Waals surface area contributed by atoms with Crippen molar-refractivity contribution in [1.82, 2.24) is 10.3 Å². The number of rotatable bonds is 3. The molecule has 4 nitrogen and oxygen atoms in total. The summed E-state index contributed by atoms with van der Waals surface area (Å²) < 4.78 is 5.49. The molecule has 1 unspecified atom stereocenters. The highest BCUT2D eigenvalue weighted by Crippen LogP contribution is 2.16. The number of nitrogens with zero attached hydrogens (tertiary/aromatic N) is 1. The summed E-state index contributed by atoms with van der Waals surface area (Å²) in [6.45, 7) is 3.67. The van der Waals surface area contributed by atoms with E-state index in [2.05, 4.69) is 15.6 Å². The summed E-state index contributed by atoms with van der Waals surface area (Å²) in [6, 6.07) is 0. The van der Waals surface area contributed by atoms with Crippen molar-refractivity contribution in [3.63, 3.8) is 0 Å². The van der Waals surface area contributed by atoms with Crippen LogP contribution in [0.25, 0.3) is 0 Å². The topological polar surface area (TPSA) is 46.2 Å². The first-order valence-electron chi connectivity index (χ1n) is 5.33. The maximum Gasteiger partial charge on any atom is 0.189 e. The number of hydrogen-bond donors (Lipinski definition) is 2. The molecule has 0 saturated carbocycles. The van der Waals surface area contributed by atoms with E-state index in [0.717, 1.165) is 31.1 Å². The molecule has 2 heterocycles. The van der Waals surface area contributed by atoms with E-state index >= 15 is 0 Å². The van der Waals surface area contributed by atoms with Crippen molar-refractivity contribution < 1.29 is 4.74 Å². The molecule has 0 aliphatic carbocycles. The van der Waals surface area contributed by atoms with Gasteiger partial charge in [-0.25, -0.2) is 4.98 Å². The van der Waals surface area contributed by atoms with E-state index in [1.165, 1.54) is 4.88 Å². The summed E-state index contributed by atoms with van der Waals surface area (Å²) in [7, 11) is 0. The van der Waals surface area contributed by atoms with E-state index in [4.69, 9.17) is 17.0 Å². The third-order valence-electron chi connectivity index (χ3n) is 2.36. The Morgan fingerprint density at radius 2 is 2.62 bits per heavy atom. The summed E-state index contributed by atoms with van der Waals surface area (Å²) in [6.07, 6.45) is 4.40. The summed E-state index contributed by atoms with van der Waals surface area (Å²) >= 11 is 6.76. The van der Waals surface area contributed by atoms with Crippen molar-refractivity contribution in [3.8, 4) is 0 Å². The van der Waals surface area contributed by atoms with E-state index in [1.807, 2.05) is 13.1 Å². The van der Waals surface area contributed by atoms with Gasteiger partial charge in [-0.1, -0.05) is 0 Å². The van der Waals surface area contributed by atoms with Crippen LogP contribution >= 0.6 is 23.6 Å². The molecule has 88 valence electrons. The van der Waals surface area contributed by atoms with E-state index < -0.39 is 0 Å². The van der Waals surface area contributed by atoms with Gasteiger partial charge in [0.05, 0.1) is 6.10 Å². The quantitative estimate of drug-likeness (QED) is 0.810. The molecule has 1 aliphatic heterocycles. The van der Waals surface area contributed by atoms with E-state index in [-0.39, 0.29) is 0 Å². The predicted molar refractivity (Wildman–Crippen MR) is 70.0 cm³/mol. The van der Waals surface area contributed by atoms with Crippen molar-refractivity contribution >= 4 is 33.8 Å². The Balaban J connectivity index is 1.71. The number of hydrogen-bond acceptors (Lipinski definition) is 4. The van der Waals surface area contributed by atoms with Gasteiger partial charge in [0.15, 0.2) is 10.2 Å². The second kappa shape index (κ2) is 5.56. The first kappa shape index (κ1) is 11.8. The van der Waals surface area contributed by atoms with Crippen molar-refractivity contribution in [2.75, 3.05) is 18.5 Å². The van der Waals surface area contributed by atoms with Gasteiger partial charge in [-0.05, 0) is 32.0 Å². The molecule has 0 spiro atoms. The van der Waals surface area contributed by atoms with Gasteiger partial charge in [-0.3, -0.25) is 0 Å². The third kappa shape index (κ3) is 3.40. The zero-order valence-electron chi connectivity index (χ0n) is 9.16. The molecule has 0 bridgehead atoms. The molecule has 1 aromatic rings. The van der Waals surface area contributed by atoms with Crippen LogP contribution in [0.3, 0.4) is 0 Å². The number of thiocarbonyl (C=S) groups is 1. The Morgan fingerprint density at radius 1 is 1.75 bits per heavy atom. The largest absolute Gasteiger partial charge is 0.376 e. The number of thiazole rings is 1. The highest BCUT2D eigenvalue weighted by atomic mass is 32.1. The normalized spacial score (nSPS) is 19.7. The predicted octanol–water partition coefficient (Wildman–Crippen LogP) is 1.92. The molecule has 0 radical (unpaired) electrons. The minimum Gasteiger partial charge on any atom is -0.376 e. The maximum atomic E-state index is 5.49. The van der Waals surface area contributed by atoms with Crippen LogP contribution in [0.1, 0.15) is 17.7 Å². The lowest BCUT2D eigenvalue weighted by molar-refractivity contribution is 0.114. The van der Waals surface area contributed by atoms with Crippen LogP contribution in [0.4, 0.5) is 5.13 Å². The van der Waals surface area contributed by atoms with Crippen molar-refractivity contribution in [3.05, 3.63) is 11.1 Å². The average molecular weight is 257 g/mol. The number of ether oxygens (including phenoxy) is 1. The standard InChI is InChI=1S/C10H15N3OS2/c1-7-5-12-10(16-7)13-9(15)11-6-8-3-2-4-14-8/h5,8H,2-4,6H2,1H3,(H2,11,12,13,15). The second-order valence-electron chi connectivity index (χ2n) is 3.75. The van der Waals surface area contributed by atoms with Crippen LogP contribution in [-0.4, -0.2) is 29.4 Å². The minimum atomic E-state index is 0.304. The number of aromatic nitrogens is 1. The summed E-state index contributed by atoms with van der Waals surface area (Å²) in [5.41, 5.74) is 0.